The Bertz CT molecular complexity index is 823. The molecule has 1 aromatic carbocycles. The summed E-state index contributed by atoms with van der Waals surface area (Å²) >= 11 is 0. The maximum Gasteiger partial charge on any atom is 0.161 e. The van der Waals surface area contributed by atoms with Crippen LogP contribution in [0.15, 0.2) is 30.5 Å². The zero-order valence-electron chi connectivity index (χ0n) is 16.4. The lowest BCUT2D eigenvalue weighted by Crippen LogP contribution is -2.50. The second-order valence-corrected chi connectivity index (χ2v) is 7.62. The van der Waals surface area contributed by atoms with Gasteiger partial charge in [0.25, 0.3) is 0 Å². The summed E-state index contributed by atoms with van der Waals surface area (Å²) in [5, 5.41) is 0. The lowest BCUT2D eigenvalue weighted by Gasteiger charge is -2.46. The van der Waals surface area contributed by atoms with Crippen LogP contribution >= 0.6 is 0 Å². The summed E-state index contributed by atoms with van der Waals surface area (Å²) in [4.78, 5) is 7.22. The molecule has 27 heavy (non-hydrogen) atoms. The summed E-state index contributed by atoms with van der Waals surface area (Å²) in [7, 11) is 3.39. The highest BCUT2D eigenvalue weighted by atomic mass is 16.5. The zero-order valence-corrected chi connectivity index (χ0v) is 16.4. The van der Waals surface area contributed by atoms with Crippen LogP contribution in [0.1, 0.15) is 47.7 Å². The van der Waals surface area contributed by atoms with Gasteiger partial charge in [-0.15, -0.1) is 0 Å². The summed E-state index contributed by atoms with van der Waals surface area (Å²) in [5.41, 5.74) is 11.8. The van der Waals surface area contributed by atoms with Crippen molar-refractivity contribution in [2.45, 2.75) is 44.2 Å². The van der Waals surface area contributed by atoms with Gasteiger partial charge in [-0.1, -0.05) is 6.92 Å². The van der Waals surface area contributed by atoms with Crippen LogP contribution in [0.5, 0.6) is 11.5 Å². The third kappa shape index (κ3) is 3.30. The highest BCUT2D eigenvalue weighted by molar-refractivity contribution is 5.49. The number of nitrogens with zero attached hydrogens (tertiary/aromatic N) is 2. The average molecular weight is 367 g/mol. The Morgan fingerprint density at radius 1 is 1.19 bits per heavy atom. The van der Waals surface area contributed by atoms with Crippen LogP contribution in [0.25, 0.3) is 0 Å². The average Bonchev–Trinajstić information content (AvgIpc) is 2.72. The number of aromatic nitrogens is 1. The van der Waals surface area contributed by atoms with Gasteiger partial charge in [0.15, 0.2) is 11.5 Å². The molecule has 3 heterocycles. The van der Waals surface area contributed by atoms with Crippen molar-refractivity contribution in [3.63, 3.8) is 0 Å². The first-order chi connectivity index (χ1) is 13.1. The molecule has 1 aromatic heterocycles. The van der Waals surface area contributed by atoms with E-state index in [1.165, 1.54) is 16.7 Å². The molecule has 0 amide bonds. The molecule has 2 N–H and O–H groups in total. The summed E-state index contributed by atoms with van der Waals surface area (Å²) in [6, 6.07) is 9.05. The topological polar surface area (TPSA) is 60.6 Å². The number of piperidine rings is 1. The monoisotopic (exact) mass is 367 g/mol. The Morgan fingerprint density at radius 2 is 1.96 bits per heavy atom. The molecule has 2 aliphatic heterocycles. The molecule has 3 atom stereocenters. The van der Waals surface area contributed by atoms with Crippen molar-refractivity contribution in [1.82, 2.24) is 9.88 Å². The van der Waals surface area contributed by atoms with Crippen LogP contribution in [0.3, 0.4) is 0 Å². The van der Waals surface area contributed by atoms with Gasteiger partial charge < -0.3 is 15.2 Å². The van der Waals surface area contributed by atoms with Gasteiger partial charge in [-0.05, 0) is 60.2 Å². The van der Waals surface area contributed by atoms with E-state index < -0.39 is 0 Å². The molecule has 3 unspecified atom stereocenters. The molecule has 2 aliphatic rings. The zero-order chi connectivity index (χ0) is 19.0. The van der Waals surface area contributed by atoms with Gasteiger partial charge in [-0.3, -0.25) is 9.88 Å². The number of pyridine rings is 1. The molecule has 0 aliphatic carbocycles. The molecular formula is C22H29N3O2. The Kier molecular flexibility index (Phi) is 5.06. The van der Waals surface area contributed by atoms with E-state index in [2.05, 4.69) is 41.1 Å². The van der Waals surface area contributed by atoms with E-state index in [0.717, 1.165) is 49.5 Å². The molecule has 0 radical (unpaired) electrons. The third-order valence-electron chi connectivity index (χ3n) is 6.19. The number of hydrogen-bond donors (Lipinski definition) is 1. The molecule has 5 heteroatoms. The molecule has 144 valence electrons. The van der Waals surface area contributed by atoms with E-state index in [0.29, 0.717) is 6.04 Å². The maximum atomic E-state index is 6.67. The van der Waals surface area contributed by atoms with Crippen molar-refractivity contribution < 1.29 is 9.47 Å². The predicted molar refractivity (Wildman–Crippen MR) is 107 cm³/mol. The fourth-order valence-electron chi connectivity index (χ4n) is 4.61. The molecule has 0 spiro atoms. The Labute approximate surface area is 161 Å². The van der Waals surface area contributed by atoms with Crippen LogP contribution in [0.4, 0.5) is 0 Å². The van der Waals surface area contributed by atoms with E-state index >= 15 is 0 Å². The van der Waals surface area contributed by atoms with E-state index in [9.17, 15) is 0 Å². The van der Waals surface area contributed by atoms with Crippen LogP contribution < -0.4 is 15.2 Å². The van der Waals surface area contributed by atoms with E-state index in [1.807, 2.05) is 6.20 Å². The third-order valence-corrected chi connectivity index (χ3v) is 6.19. The molecule has 0 bridgehead atoms. The van der Waals surface area contributed by atoms with Crippen molar-refractivity contribution >= 4 is 0 Å². The summed E-state index contributed by atoms with van der Waals surface area (Å²) in [6.07, 6.45) is 4.91. The first kappa shape index (κ1) is 18.3. The Morgan fingerprint density at radius 3 is 2.70 bits per heavy atom. The number of aryl methyl sites for hydroxylation is 1. The molecule has 0 saturated carbocycles. The highest BCUT2D eigenvalue weighted by Gasteiger charge is 2.39. The standard InChI is InChI=1S/C22H29N3O2/c1-4-14-5-7-24-19(9-14)17-13-25-8-6-15-10-21(26-2)22(27-3)11-16(15)20(25)12-18(17)23/h5,7,9-11,17-18,20H,4,6,8,12-13,23H2,1-3H3. The number of methoxy groups -OCH3 is 2. The quantitative estimate of drug-likeness (QED) is 0.900. The molecule has 4 rings (SSSR count). The maximum absolute atomic E-state index is 6.67. The molecular weight excluding hydrogens is 338 g/mol. The first-order valence-electron chi connectivity index (χ1n) is 9.83. The summed E-state index contributed by atoms with van der Waals surface area (Å²) in [5.74, 6) is 1.89. The van der Waals surface area contributed by atoms with Gasteiger partial charge >= 0.3 is 0 Å². The van der Waals surface area contributed by atoms with Crippen molar-refractivity contribution in [1.29, 1.82) is 0 Å². The van der Waals surface area contributed by atoms with Gasteiger partial charge in [0.05, 0.1) is 14.2 Å². The van der Waals surface area contributed by atoms with Gasteiger partial charge in [-0.25, -0.2) is 0 Å². The van der Waals surface area contributed by atoms with Crippen molar-refractivity contribution in [3.05, 3.63) is 52.8 Å². The van der Waals surface area contributed by atoms with Crippen molar-refractivity contribution in [2.75, 3.05) is 27.3 Å². The highest BCUT2D eigenvalue weighted by Crippen LogP contribution is 2.43. The minimum absolute atomic E-state index is 0.102. The predicted octanol–water partition coefficient (Wildman–Crippen LogP) is 3.08. The lowest BCUT2D eigenvalue weighted by atomic mass is 9.79. The van der Waals surface area contributed by atoms with Gasteiger partial charge in [0, 0.05) is 43.0 Å². The largest absolute Gasteiger partial charge is 0.493 e. The Balaban J connectivity index is 1.63. The van der Waals surface area contributed by atoms with Crippen molar-refractivity contribution in [3.8, 4) is 11.5 Å². The lowest BCUT2D eigenvalue weighted by molar-refractivity contribution is 0.108. The molecule has 5 nitrogen and oxygen atoms in total. The number of benzene rings is 1. The second-order valence-electron chi connectivity index (χ2n) is 7.62. The first-order valence-corrected chi connectivity index (χ1v) is 9.83. The minimum Gasteiger partial charge on any atom is -0.493 e. The van der Waals surface area contributed by atoms with E-state index in [-0.39, 0.29) is 12.0 Å². The van der Waals surface area contributed by atoms with E-state index in [4.69, 9.17) is 15.2 Å². The fraction of sp³-hybridized carbons (Fsp3) is 0.500. The number of ether oxygens (including phenoxy) is 2. The van der Waals surface area contributed by atoms with Crippen LogP contribution in [-0.4, -0.2) is 43.2 Å². The fourth-order valence-corrected chi connectivity index (χ4v) is 4.61. The van der Waals surface area contributed by atoms with E-state index in [1.54, 1.807) is 14.2 Å². The van der Waals surface area contributed by atoms with Gasteiger partial charge in [0.1, 0.15) is 0 Å². The van der Waals surface area contributed by atoms with Crippen LogP contribution in [-0.2, 0) is 12.8 Å². The SMILES string of the molecule is CCc1ccnc(C2CN3CCc4cc(OC)c(OC)cc4C3CC2N)c1. The van der Waals surface area contributed by atoms with Crippen LogP contribution in [0.2, 0.25) is 0 Å². The normalized spacial score (nSPS) is 24.8. The van der Waals surface area contributed by atoms with Gasteiger partial charge in [-0.2, -0.15) is 0 Å². The molecule has 1 fully saturated rings. The summed E-state index contributed by atoms with van der Waals surface area (Å²) < 4.78 is 11.0. The summed E-state index contributed by atoms with van der Waals surface area (Å²) in [6.45, 7) is 4.18. The van der Waals surface area contributed by atoms with Crippen molar-refractivity contribution in [2.24, 2.45) is 5.73 Å². The second kappa shape index (κ2) is 7.49. The van der Waals surface area contributed by atoms with Crippen LogP contribution in [0, 0.1) is 0 Å². The number of rotatable bonds is 4. The Hall–Kier alpha value is -2.11. The smallest absolute Gasteiger partial charge is 0.161 e. The number of hydrogen-bond acceptors (Lipinski definition) is 5. The number of fused-ring (bicyclic) bond motifs is 3. The number of nitrogens with two attached hydrogens (primary N) is 1. The minimum atomic E-state index is 0.102. The molecule has 1 saturated heterocycles. The van der Waals surface area contributed by atoms with Gasteiger partial charge in [0.2, 0.25) is 0 Å². The molecule has 2 aromatic rings.